The molecular weight excluding hydrogens is 226 g/mol. The third-order valence-electron chi connectivity index (χ3n) is 3.14. The van der Waals surface area contributed by atoms with Gasteiger partial charge < -0.3 is 15.5 Å². The fraction of sp³-hybridized carbons (Fsp3) is 0.357. The molecule has 1 aromatic carbocycles. The predicted molar refractivity (Wildman–Crippen MR) is 70.6 cm³/mol. The van der Waals surface area contributed by atoms with Crippen LogP contribution in [0.25, 0.3) is 11.3 Å². The van der Waals surface area contributed by atoms with Crippen LogP contribution < -0.4 is 10.5 Å². The second-order valence-corrected chi connectivity index (χ2v) is 4.85. The van der Waals surface area contributed by atoms with E-state index in [9.17, 15) is 0 Å². The topological polar surface area (TPSA) is 63.9 Å². The number of nitrogens with two attached hydrogens (primary N) is 1. The van der Waals surface area contributed by atoms with Crippen LogP contribution in [-0.4, -0.2) is 22.6 Å². The number of H-pyrrole nitrogens is 1. The molecule has 3 N–H and O–H groups in total. The molecule has 2 aromatic rings. The molecule has 1 aliphatic heterocycles. The van der Waals surface area contributed by atoms with Crippen LogP contribution in [0.3, 0.4) is 0 Å². The molecule has 0 saturated carbocycles. The van der Waals surface area contributed by atoms with E-state index in [-0.39, 0.29) is 6.04 Å². The van der Waals surface area contributed by atoms with Crippen molar-refractivity contribution >= 4 is 0 Å². The Kier molecular flexibility index (Phi) is 2.80. The van der Waals surface area contributed by atoms with Gasteiger partial charge in [-0.25, -0.2) is 4.98 Å². The molecule has 3 rings (SSSR count). The Morgan fingerprint density at radius 1 is 1.50 bits per heavy atom. The van der Waals surface area contributed by atoms with Crippen LogP contribution in [0, 0.1) is 0 Å². The molecule has 18 heavy (non-hydrogen) atoms. The minimum Gasteiger partial charge on any atom is -0.493 e. The van der Waals surface area contributed by atoms with Crippen LogP contribution >= 0.6 is 0 Å². The molecule has 1 aromatic heterocycles. The van der Waals surface area contributed by atoms with E-state index in [1.54, 1.807) is 0 Å². The Labute approximate surface area is 106 Å². The maximum atomic E-state index is 5.77. The lowest BCUT2D eigenvalue weighted by Crippen LogP contribution is -2.18. The fourth-order valence-electron chi connectivity index (χ4n) is 2.27. The highest BCUT2D eigenvalue weighted by Crippen LogP contribution is 2.29. The van der Waals surface area contributed by atoms with Gasteiger partial charge in [0.2, 0.25) is 0 Å². The monoisotopic (exact) mass is 243 g/mol. The highest BCUT2D eigenvalue weighted by Gasteiger charge is 2.13. The molecular formula is C14H17N3O. The van der Waals surface area contributed by atoms with Crippen molar-refractivity contribution in [2.75, 3.05) is 6.61 Å². The first-order valence-electron chi connectivity index (χ1n) is 6.28. The van der Waals surface area contributed by atoms with Gasteiger partial charge in [-0.1, -0.05) is 0 Å². The maximum absolute atomic E-state index is 5.77. The number of hydrogen-bond acceptors (Lipinski definition) is 3. The van der Waals surface area contributed by atoms with Crippen LogP contribution in [-0.2, 0) is 12.8 Å². The summed E-state index contributed by atoms with van der Waals surface area (Å²) < 4.78 is 5.50. The number of aromatic amines is 1. The highest BCUT2D eigenvalue weighted by atomic mass is 16.5. The molecule has 0 saturated heterocycles. The molecule has 4 heteroatoms. The van der Waals surface area contributed by atoms with Crippen LogP contribution in [0.5, 0.6) is 5.75 Å². The van der Waals surface area contributed by atoms with Crippen molar-refractivity contribution in [1.82, 2.24) is 9.97 Å². The van der Waals surface area contributed by atoms with Crippen molar-refractivity contribution < 1.29 is 4.74 Å². The summed E-state index contributed by atoms with van der Waals surface area (Å²) in [6, 6.07) is 6.39. The summed E-state index contributed by atoms with van der Waals surface area (Å²) in [5.41, 5.74) is 9.24. The Morgan fingerprint density at radius 2 is 2.39 bits per heavy atom. The minimum absolute atomic E-state index is 0.123. The van der Waals surface area contributed by atoms with E-state index >= 15 is 0 Å². The number of rotatable bonds is 3. The number of nitrogens with one attached hydrogen (secondary N) is 1. The van der Waals surface area contributed by atoms with E-state index in [4.69, 9.17) is 10.5 Å². The normalized spacial score (nSPS) is 15.2. The Balaban J connectivity index is 1.88. The summed E-state index contributed by atoms with van der Waals surface area (Å²) in [6.45, 7) is 2.77. The predicted octanol–water partition coefficient (Wildman–Crippen LogP) is 1.90. The zero-order valence-corrected chi connectivity index (χ0v) is 10.4. The second kappa shape index (κ2) is 4.46. The molecule has 0 radical (unpaired) electrons. The number of imidazole rings is 1. The van der Waals surface area contributed by atoms with Crippen molar-refractivity contribution in [2.45, 2.75) is 25.8 Å². The zero-order chi connectivity index (χ0) is 12.5. The molecule has 94 valence electrons. The van der Waals surface area contributed by atoms with Crippen molar-refractivity contribution in [3.8, 4) is 17.0 Å². The lowest BCUT2D eigenvalue weighted by Gasteiger charge is -2.03. The van der Waals surface area contributed by atoms with Gasteiger partial charge in [0.1, 0.15) is 11.6 Å². The van der Waals surface area contributed by atoms with Crippen LogP contribution in [0.4, 0.5) is 0 Å². The van der Waals surface area contributed by atoms with Gasteiger partial charge in [-0.05, 0) is 30.7 Å². The van der Waals surface area contributed by atoms with E-state index in [0.29, 0.717) is 0 Å². The van der Waals surface area contributed by atoms with Gasteiger partial charge in [-0.3, -0.25) is 0 Å². The van der Waals surface area contributed by atoms with Crippen LogP contribution in [0.1, 0.15) is 18.3 Å². The van der Waals surface area contributed by atoms with Crippen molar-refractivity contribution in [3.05, 3.63) is 35.8 Å². The molecule has 0 bridgehead atoms. The maximum Gasteiger partial charge on any atom is 0.122 e. The lowest BCUT2D eigenvalue weighted by molar-refractivity contribution is 0.357. The average Bonchev–Trinajstić information content (AvgIpc) is 2.95. The quantitative estimate of drug-likeness (QED) is 0.865. The Hall–Kier alpha value is -1.81. The molecule has 0 amide bonds. The molecule has 4 nitrogen and oxygen atoms in total. The fourth-order valence-corrected chi connectivity index (χ4v) is 2.27. The molecule has 0 spiro atoms. The third kappa shape index (κ3) is 2.11. The highest BCUT2D eigenvalue weighted by molar-refractivity contribution is 5.62. The molecule has 0 fully saturated rings. The third-order valence-corrected chi connectivity index (χ3v) is 3.14. The lowest BCUT2D eigenvalue weighted by atomic mass is 10.1. The summed E-state index contributed by atoms with van der Waals surface area (Å²) in [6.07, 6.45) is 3.63. The van der Waals surface area contributed by atoms with Gasteiger partial charge >= 0.3 is 0 Å². The van der Waals surface area contributed by atoms with E-state index < -0.39 is 0 Å². The number of nitrogens with zero attached hydrogens (tertiary/aromatic N) is 1. The van der Waals surface area contributed by atoms with Crippen LogP contribution in [0.2, 0.25) is 0 Å². The van der Waals surface area contributed by atoms with Gasteiger partial charge in [0.25, 0.3) is 0 Å². The SMILES string of the molecule is CC(N)Cc1ncc(-c2ccc3c(c2)CCO3)[nH]1. The average molecular weight is 243 g/mol. The molecule has 0 aliphatic carbocycles. The van der Waals surface area contributed by atoms with E-state index in [0.717, 1.165) is 42.3 Å². The number of benzene rings is 1. The first-order valence-corrected chi connectivity index (χ1v) is 6.28. The summed E-state index contributed by atoms with van der Waals surface area (Å²) in [7, 11) is 0. The van der Waals surface area contributed by atoms with E-state index in [1.807, 2.05) is 19.2 Å². The van der Waals surface area contributed by atoms with Gasteiger partial charge in [-0.2, -0.15) is 0 Å². The standard InChI is InChI=1S/C14H17N3O/c1-9(15)6-14-16-8-12(17-14)10-2-3-13-11(7-10)4-5-18-13/h2-3,7-9H,4-6,15H2,1H3,(H,16,17). The van der Waals surface area contributed by atoms with Crippen molar-refractivity contribution in [2.24, 2.45) is 5.73 Å². The van der Waals surface area contributed by atoms with Gasteiger partial charge in [0, 0.05) is 24.4 Å². The molecule has 1 atom stereocenters. The summed E-state index contributed by atoms with van der Waals surface area (Å²) in [4.78, 5) is 7.68. The van der Waals surface area contributed by atoms with Crippen molar-refractivity contribution in [3.63, 3.8) is 0 Å². The Bertz CT molecular complexity index is 560. The van der Waals surface area contributed by atoms with Gasteiger partial charge in [-0.15, -0.1) is 0 Å². The number of aromatic nitrogens is 2. The van der Waals surface area contributed by atoms with E-state index in [2.05, 4.69) is 22.1 Å². The molecule has 1 unspecified atom stereocenters. The van der Waals surface area contributed by atoms with Gasteiger partial charge in [0.15, 0.2) is 0 Å². The summed E-state index contributed by atoms with van der Waals surface area (Å²) >= 11 is 0. The molecule has 1 aliphatic rings. The largest absolute Gasteiger partial charge is 0.493 e. The number of hydrogen-bond donors (Lipinski definition) is 2. The number of ether oxygens (including phenoxy) is 1. The Morgan fingerprint density at radius 3 is 3.22 bits per heavy atom. The van der Waals surface area contributed by atoms with Crippen molar-refractivity contribution in [1.29, 1.82) is 0 Å². The zero-order valence-electron chi connectivity index (χ0n) is 10.4. The first-order chi connectivity index (χ1) is 8.72. The van der Waals surface area contributed by atoms with Gasteiger partial charge in [0.05, 0.1) is 18.5 Å². The van der Waals surface area contributed by atoms with E-state index in [1.165, 1.54) is 5.56 Å². The molecule has 2 heterocycles. The van der Waals surface area contributed by atoms with Crippen LogP contribution in [0.15, 0.2) is 24.4 Å². The smallest absolute Gasteiger partial charge is 0.122 e. The second-order valence-electron chi connectivity index (χ2n) is 4.85. The minimum atomic E-state index is 0.123. The number of fused-ring (bicyclic) bond motifs is 1. The summed E-state index contributed by atoms with van der Waals surface area (Å²) in [5.74, 6) is 1.95. The summed E-state index contributed by atoms with van der Waals surface area (Å²) in [5, 5.41) is 0. The first kappa shape index (κ1) is 11.3.